The number of ketones is 1. The fraction of sp³-hybridized carbons (Fsp3) is 0.133. The summed E-state index contributed by atoms with van der Waals surface area (Å²) in [4.78, 5) is 28.4. The van der Waals surface area contributed by atoms with E-state index in [1.165, 1.54) is 6.92 Å². The van der Waals surface area contributed by atoms with Crippen LogP contribution in [0.2, 0.25) is 0 Å². The molecule has 0 aliphatic heterocycles. The maximum Gasteiger partial charge on any atom is 0.348 e. The minimum absolute atomic E-state index is 0.132. The van der Waals surface area contributed by atoms with Crippen molar-refractivity contribution < 1.29 is 14.7 Å². The summed E-state index contributed by atoms with van der Waals surface area (Å²) in [5, 5.41) is 9.43. The van der Waals surface area contributed by atoms with E-state index in [2.05, 4.69) is 4.98 Å². The maximum atomic E-state index is 11.9. The van der Waals surface area contributed by atoms with Gasteiger partial charge in [0.05, 0.1) is 11.4 Å². The number of carbonyl (C=O) groups excluding carboxylic acids is 1. The Kier molecular flexibility index (Phi) is 3.10. The fourth-order valence-corrected chi connectivity index (χ4v) is 3.47. The lowest BCUT2D eigenvalue weighted by Crippen LogP contribution is -2.04. The molecule has 0 fully saturated rings. The quantitative estimate of drug-likeness (QED) is 0.753. The van der Waals surface area contributed by atoms with Gasteiger partial charge in [0, 0.05) is 12.5 Å². The zero-order chi connectivity index (χ0) is 15.1. The van der Waals surface area contributed by atoms with E-state index >= 15 is 0 Å². The summed E-state index contributed by atoms with van der Waals surface area (Å²) in [6, 6.07) is 9.18. The minimum Gasteiger partial charge on any atom is -0.477 e. The van der Waals surface area contributed by atoms with Crippen LogP contribution >= 0.6 is 11.3 Å². The summed E-state index contributed by atoms with van der Waals surface area (Å²) < 4.78 is 1.65. The van der Waals surface area contributed by atoms with Gasteiger partial charge in [0.1, 0.15) is 10.6 Å². The van der Waals surface area contributed by atoms with Crippen LogP contribution in [0.3, 0.4) is 0 Å². The van der Waals surface area contributed by atoms with Crippen LogP contribution in [0.4, 0.5) is 0 Å². The van der Waals surface area contributed by atoms with Crippen LogP contribution in [-0.2, 0) is 0 Å². The van der Waals surface area contributed by atoms with Gasteiger partial charge in [-0.15, -0.1) is 0 Å². The number of aromatic carboxylic acids is 1. The average molecular weight is 300 g/mol. The lowest BCUT2D eigenvalue weighted by atomic mass is 10.1. The number of fused-ring (bicyclic) bond motifs is 1. The molecule has 0 saturated carbocycles. The van der Waals surface area contributed by atoms with Gasteiger partial charge in [-0.2, -0.15) is 0 Å². The SMILES string of the molecule is CC(=O)c1c(C)nc2sc(C(=O)O)c(-c3ccccc3)n12. The molecule has 0 atom stereocenters. The molecule has 0 aliphatic rings. The highest BCUT2D eigenvalue weighted by molar-refractivity contribution is 7.19. The molecule has 2 aromatic heterocycles. The summed E-state index contributed by atoms with van der Waals surface area (Å²) in [7, 11) is 0. The van der Waals surface area contributed by atoms with E-state index in [0.717, 1.165) is 16.9 Å². The van der Waals surface area contributed by atoms with Crippen LogP contribution in [0.5, 0.6) is 0 Å². The van der Waals surface area contributed by atoms with E-state index in [-0.39, 0.29) is 10.7 Å². The van der Waals surface area contributed by atoms with Crippen molar-refractivity contribution in [3.05, 3.63) is 46.6 Å². The maximum absolute atomic E-state index is 11.9. The Balaban J connectivity index is 2.46. The molecule has 0 unspecified atom stereocenters. The van der Waals surface area contributed by atoms with Gasteiger partial charge >= 0.3 is 5.97 Å². The number of hydrogen-bond acceptors (Lipinski definition) is 4. The van der Waals surface area contributed by atoms with Crippen LogP contribution in [0.1, 0.15) is 32.8 Å². The average Bonchev–Trinajstić information content (AvgIpc) is 2.93. The largest absolute Gasteiger partial charge is 0.477 e. The monoisotopic (exact) mass is 300 g/mol. The molecule has 5 nitrogen and oxygen atoms in total. The van der Waals surface area contributed by atoms with Gasteiger partial charge in [-0.05, 0) is 6.92 Å². The number of carboxylic acid groups (broad SMARTS) is 1. The van der Waals surface area contributed by atoms with Crippen LogP contribution in [0, 0.1) is 6.92 Å². The van der Waals surface area contributed by atoms with Crippen LogP contribution < -0.4 is 0 Å². The van der Waals surface area contributed by atoms with Crippen molar-refractivity contribution in [2.75, 3.05) is 0 Å². The molecule has 2 heterocycles. The van der Waals surface area contributed by atoms with E-state index < -0.39 is 5.97 Å². The molecule has 0 radical (unpaired) electrons. The van der Waals surface area contributed by atoms with E-state index in [1.807, 2.05) is 30.3 Å². The number of aromatic nitrogens is 2. The van der Waals surface area contributed by atoms with Gasteiger partial charge in [-0.3, -0.25) is 9.20 Å². The second-order valence-electron chi connectivity index (χ2n) is 4.67. The molecule has 1 aromatic carbocycles. The predicted octanol–water partition coefficient (Wildman–Crippen LogP) is 3.27. The number of Topliss-reactive ketones (excluding diaryl/α,β-unsaturated/α-hetero) is 1. The number of aryl methyl sites for hydroxylation is 1. The molecule has 21 heavy (non-hydrogen) atoms. The van der Waals surface area contributed by atoms with E-state index in [1.54, 1.807) is 11.3 Å². The molecule has 0 spiro atoms. The van der Waals surface area contributed by atoms with Crippen molar-refractivity contribution >= 4 is 28.1 Å². The third-order valence-corrected chi connectivity index (χ3v) is 4.26. The topological polar surface area (TPSA) is 71.7 Å². The molecule has 6 heteroatoms. The van der Waals surface area contributed by atoms with Gasteiger partial charge in [0.2, 0.25) is 0 Å². The third-order valence-electron chi connectivity index (χ3n) is 3.23. The second-order valence-corrected chi connectivity index (χ2v) is 5.65. The number of imidazole rings is 1. The summed E-state index contributed by atoms with van der Waals surface area (Å²) in [6.45, 7) is 3.22. The Labute approximate surface area is 124 Å². The summed E-state index contributed by atoms with van der Waals surface area (Å²) in [6.07, 6.45) is 0. The van der Waals surface area contributed by atoms with Gasteiger partial charge < -0.3 is 5.11 Å². The Morgan fingerprint density at radius 3 is 2.48 bits per heavy atom. The Hall–Kier alpha value is -2.47. The number of nitrogens with zero attached hydrogens (tertiary/aromatic N) is 2. The summed E-state index contributed by atoms with van der Waals surface area (Å²) in [5.74, 6) is -1.15. The Morgan fingerprint density at radius 1 is 1.24 bits per heavy atom. The zero-order valence-electron chi connectivity index (χ0n) is 11.5. The van der Waals surface area contributed by atoms with Crippen molar-refractivity contribution in [3.63, 3.8) is 0 Å². The highest BCUT2D eigenvalue weighted by atomic mass is 32.1. The lowest BCUT2D eigenvalue weighted by molar-refractivity contribution is 0.0702. The van der Waals surface area contributed by atoms with Crippen molar-refractivity contribution in [2.24, 2.45) is 0 Å². The van der Waals surface area contributed by atoms with Crippen LogP contribution in [-0.4, -0.2) is 26.2 Å². The molecule has 3 aromatic rings. The standard InChI is InChI=1S/C15H12N2O3S/c1-8-11(9(2)18)17-12(10-6-4-3-5-7-10)13(14(19)20)21-15(17)16-8/h3-7H,1-2H3,(H,19,20). The first kappa shape index (κ1) is 13.5. The Morgan fingerprint density at radius 2 is 1.90 bits per heavy atom. The smallest absolute Gasteiger partial charge is 0.348 e. The van der Waals surface area contributed by atoms with Gasteiger partial charge in [-0.1, -0.05) is 41.7 Å². The minimum atomic E-state index is -1.02. The first-order chi connectivity index (χ1) is 10.0. The molecule has 106 valence electrons. The molecular weight excluding hydrogens is 288 g/mol. The first-order valence-electron chi connectivity index (χ1n) is 6.32. The number of rotatable bonds is 3. The fourth-order valence-electron chi connectivity index (χ4n) is 2.43. The van der Waals surface area contributed by atoms with Crippen molar-refractivity contribution in [1.29, 1.82) is 0 Å². The third kappa shape index (κ3) is 2.04. The lowest BCUT2D eigenvalue weighted by Gasteiger charge is -2.05. The molecule has 0 saturated heterocycles. The van der Waals surface area contributed by atoms with Crippen molar-refractivity contribution in [1.82, 2.24) is 9.38 Å². The number of benzene rings is 1. The van der Waals surface area contributed by atoms with Crippen LogP contribution in [0.15, 0.2) is 30.3 Å². The number of carboxylic acids is 1. The Bertz CT molecular complexity index is 862. The van der Waals surface area contributed by atoms with Crippen LogP contribution in [0.25, 0.3) is 16.2 Å². The van der Waals surface area contributed by atoms with Crippen molar-refractivity contribution in [2.45, 2.75) is 13.8 Å². The highest BCUT2D eigenvalue weighted by Gasteiger charge is 2.25. The normalized spacial score (nSPS) is 11.0. The second kappa shape index (κ2) is 4.82. The molecule has 1 N–H and O–H groups in total. The van der Waals surface area contributed by atoms with Gasteiger partial charge in [-0.25, -0.2) is 9.78 Å². The van der Waals surface area contributed by atoms with E-state index in [9.17, 15) is 14.7 Å². The number of hydrogen-bond donors (Lipinski definition) is 1. The van der Waals surface area contributed by atoms with Crippen molar-refractivity contribution in [3.8, 4) is 11.3 Å². The first-order valence-corrected chi connectivity index (χ1v) is 7.14. The summed E-state index contributed by atoms with van der Waals surface area (Å²) >= 11 is 1.08. The zero-order valence-corrected chi connectivity index (χ0v) is 12.3. The molecule has 3 rings (SSSR count). The number of thiazole rings is 1. The molecule has 0 amide bonds. The van der Waals surface area contributed by atoms with E-state index in [4.69, 9.17) is 0 Å². The molecule has 0 aliphatic carbocycles. The van der Waals surface area contributed by atoms with E-state index in [0.29, 0.717) is 22.0 Å². The summed E-state index contributed by atoms with van der Waals surface area (Å²) in [5.41, 5.74) is 2.31. The number of carbonyl (C=O) groups is 2. The predicted molar refractivity (Wildman–Crippen MR) is 80.2 cm³/mol. The molecular formula is C15H12N2O3S. The van der Waals surface area contributed by atoms with Gasteiger partial charge in [0.25, 0.3) is 0 Å². The molecule has 0 bridgehead atoms. The van der Waals surface area contributed by atoms with Gasteiger partial charge in [0.15, 0.2) is 10.7 Å². The highest BCUT2D eigenvalue weighted by Crippen LogP contribution is 2.34.